The number of hydrogen-bond donors (Lipinski definition) is 1. The summed E-state index contributed by atoms with van der Waals surface area (Å²) in [6.07, 6.45) is 1.74. The van der Waals surface area contributed by atoms with Crippen LogP contribution in [0.2, 0.25) is 0 Å². The normalized spacial score (nSPS) is 14.9. The third-order valence-electron chi connectivity index (χ3n) is 4.27. The van der Waals surface area contributed by atoms with Crippen molar-refractivity contribution < 1.29 is 18.7 Å². The summed E-state index contributed by atoms with van der Waals surface area (Å²) < 4.78 is 24.1. The number of likely N-dealkylation sites (tertiary alicyclic amines) is 1. The van der Waals surface area contributed by atoms with E-state index in [2.05, 4.69) is 5.32 Å². The molecule has 1 aliphatic heterocycles. The van der Waals surface area contributed by atoms with Crippen LogP contribution in [0.3, 0.4) is 0 Å². The lowest BCUT2D eigenvalue weighted by Gasteiger charge is -2.32. The second-order valence-electron chi connectivity index (χ2n) is 6.16. The van der Waals surface area contributed by atoms with Gasteiger partial charge in [0.05, 0.1) is 12.7 Å². The fourth-order valence-corrected chi connectivity index (χ4v) is 2.85. The van der Waals surface area contributed by atoms with Crippen LogP contribution in [-0.4, -0.2) is 43.3 Å². The van der Waals surface area contributed by atoms with Crippen molar-refractivity contribution >= 4 is 11.7 Å². The van der Waals surface area contributed by atoms with E-state index in [1.807, 2.05) is 35.2 Å². The molecule has 2 aromatic carbocycles. The number of rotatable bonds is 6. The highest BCUT2D eigenvalue weighted by atomic mass is 19.1. The zero-order chi connectivity index (χ0) is 18.2. The number of piperidine rings is 1. The van der Waals surface area contributed by atoms with E-state index in [0.29, 0.717) is 32.1 Å². The van der Waals surface area contributed by atoms with E-state index in [1.165, 1.54) is 12.1 Å². The van der Waals surface area contributed by atoms with E-state index in [9.17, 15) is 9.18 Å². The Kier molecular flexibility index (Phi) is 6.44. The molecular formula is C20H23FN2O3. The number of carbonyl (C=O) groups is 1. The van der Waals surface area contributed by atoms with Crippen molar-refractivity contribution in [3.63, 3.8) is 0 Å². The van der Waals surface area contributed by atoms with Crippen LogP contribution in [0.15, 0.2) is 54.6 Å². The van der Waals surface area contributed by atoms with Gasteiger partial charge >= 0.3 is 6.03 Å². The standard InChI is InChI=1S/C20H23FN2O3/c21-16-6-8-18(9-7-16)25-14-15-26-19-10-12-23(13-11-19)20(24)22-17-4-2-1-3-5-17/h1-9,19H,10-15H2,(H,22,24). The van der Waals surface area contributed by atoms with E-state index >= 15 is 0 Å². The number of para-hydroxylation sites is 1. The van der Waals surface area contributed by atoms with Gasteiger partial charge in [-0.25, -0.2) is 9.18 Å². The first-order valence-corrected chi connectivity index (χ1v) is 8.81. The zero-order valence-electron chi connectivity index (χ0n) is 14.6. The predicted octanol–water partition coefficient (Wildman–Crippen LogP) is 3.92. The fraction of sp³-hybridized carbons (Fsp3) is 0.350. The van der Waals surface area contributed by atoms with Gasteiger partial charge in [0.1, 0.15) is 18.2 Å². The van der Waals surface area contributed by atoms with Crippen LogP contribution >= 0.6 is 0 Å². The smallest absolute Gasteiger partial charge is 0.321 e. The van der Waals surface area contributed by atoms with Crippen molar-refractivity contribution in [1.29, 1.82) is 0 Å². The van der Waals surface area contributed by atoms with Crippen LogP contribution in [0, 0.1) is 5.82 Å². The predicted molar refractivity (Wildman–Crippen MR) is 97.9 cm³/mol. The number of anilines is 1. The van der Waals surface area contributed by atoms with Gasteiger partial charge in [-0.15, -0.1) is 0 Å². The molecule has 26 heavy (non-hydrogen) atoms. The Morgan fingerprint density at radius 3 is 2.42 bits per heavy atom. The molecule has 0 bridgehead atoms. The minimum atomic E-state index is -0.281. The lowest BCUT2D eigenvalue weighted by Crippen LogP contribution is -2.43. The zero-order valence-corrected chi connectivity index (χ0v) is 14.6. The van der Waals surface area contributed by atoms with Crippen LogP contribution in [0.4, 0.5) is 14.9 Å². The summed E-state index contributed by atoms with van der Waals surface area (Å²) in [7, 11) is 0. The average Bonchev–Trinajstić information content (AvgIpc) is 2.68. The van der Waals surface area contributed by atoms with E-state index in [1.54, 1.807) is 12.1 Å². The Balaban J connectivity index is 1.32. The molecule has 2 amide bonds. The highest BCUT2D eigenvalue weighted by molar-refractivity contribution is 5.89. The average molecular weight is 358 g/mol. The Bertz CT molecular complexity index is 686. The van der Waals surface area contributed by atoms with Crippen molar-refractivity contribution in [3.05, 3.63) is 60.4 Å². The largest absolute Gasteiger partial charge is 0.491 e. The molecule has 0 spiro atoms. The van der Waals surface area contributed by atoms with Crippen LogP contribution in [0.1, 0.15) is 12.8 Å². The topological polar surface area (TPSA) is 50.8 Å². The van der Waals surface area contributed by atoms with Crippen LogP contribution in [0.25, 0.3) is 0 Å². The first kappa shape index (κ1) is 18.2. The van der Waals surface area contributed by atoms with Gasteiger partial charge in [-0.1, -0.05) is 18.2 Å². The summed E-state index contributed by atoms with van der Waals surface area (Å²) in [4.78, 5) is 14.1. The number of amides is 2. The number of hydrogen-bond acceptors (Lipinski definition) is 3. The van der Waals surface area contributed by atoms with E-state index in [0.717, 1.165) is 18.5 Å². The molecule has 1 saturated heterocycles. The van der Waals surface area contributed by atoms with Crippen molar-refractivity contribution in [2.75, 3.05) is 31.6 Å². The van der Waals surface area contributed by atoms with Crippen molar-refractivity contribution in [3.8, 4) is 5.75 Å². The number of carbonyl (C=O) groups excluding carboxylic acids is 1. The van der Waals surface area contributed by atoms with Crippen molar-refractivity contribution in [2.45, 2.75) is 18.9 Å². The second kappa shape index (κ2) is 9.20. The number of halogens is 1. The van der Waals surface area contributed by atoms with Gasteiger partial charge in [0.15, 0.2) is 0 Å². The van der Waals surface area contributed by atoms with Crippen molar-refractivity contribution in [1.82, 2.24) is 4.90 Å². The number of nitrogens with zero attached hydrogens (tertiary/aromatic N) is 1. The molecule has 1 aliphatic rings. The van der Waals surface area contributed by atoms with Crippen LogP contribution in [-0.2, 0) is 4.74 Å². The molecule has 6 heteroatoms. The quantitative estimate of drug-likeness (QED) is 0.797. The lowest BCUT2D eigenvalue weighted by atomic mass is 10.1. The SMILES string of the molecule is O=C(Nc1ccccc1)N1CCC(OCCOc2ccc(F)cc2)CC1. The van der Waals surface area contributed by atoms with Crippen LogP contribution < -0.4 is 10.1 Å². The highest BCUT2D eigenvalue weighted by Crippen LogP contribution is 2.16. The molecule has 138 valence electrons. The van der Waals surface area contributed by atoms with Gasteiger partial charge in [-0.2, -0.15) is 0 Å². The van der Waals surface area contributed by atoms with Gasteiger partial charge in [0, 0.05) is 18.8 Å². The van der Waals surface area contributed by atoms with E-state index in [4.69, 9.17) is 9.47 Å². The Morgan fingerprint density at radius 1 is 1.04 bits per heavy atom. The molecular weight excluding hydrogens is 335 g/mol. The molecule has 0 aliphatic carbocycles. The molecule has 1 fully saturated rings. The fourth-order valence-electron chi connectivity index (χ4n) is 2.85. The maximum Gasteiger partial charge on any atom is 0.321 e. The summed E-state index contributed by atoms with van der Waals surface area (Å²) >= 11 is 0. The van der Waals surface area contributed by atoms with Gasteiger partial charge in [-0.3, -0.25) is 0 Å². The highest BCUT2D eigenvalue weighted by Gasteiger charge is 2.23. The maximum absolute atomic E-state index is 12.8. The third kappa shape index (κ3) is 5.46. The summed E-state index contributed by atoms with van der Waals surface area (Å²) in [5.74, 6) is 0.346. The molecule has 0 aromatic heterocycles. The van der Waals surface area contributed by atoms with Gasteiger partial charge in [0.25, 0.3) is 0 Å². The molecule has 0 saturated carbocycles. The van der Waals surface area contributed by atoms with Gasteiger partial charge in [0.2, 0.25) is 0 Å². The minimum absolute atomic E-state index is 0.0747. The molecule has 3 rings (SSSR count). The molecule has 2 aromatic rings. The summed E-state index contributed by atoms with van der Waals surface area (Å²) in [6.45, 7) is 2.23. The first-order valence-electron chi connectivity index (χ1n) is 8.81. The van der Waals surface area contributed by atoms with E-state index in [-0.39, 0.29) is 18.0 Å². The summed E-state index contributed by atoms with van der Waals surface area (Å²) in [6, 6.07) is 15.3. The molecule has 0 radical (unpaired) electrons. The molecule has 5 nitrogen and oxygen atoms in total. The van der Waals surface area contributed by atoms with Crippen LogP contribution in [0.5, 0.6) is 5.75 Å². The monoisotopic (exact) mass is 358 g/mol. The third-order valence-corrected chi connectivity index (χ3v) is 4.27. The number of ether oxygens (including phenoxy) is 2. The summed E-state index contributed by atoms with van der Waals surface area (Å²) in [5.41, 5.74) is 0.800. The lowest BCUT2D eigenvalue weighted by molar-refractivity contribution is 0.00271. The van der Waals surface area contributed by atoms with Gasteiger partial charge in [-0.05, 0) is 49.2 Å². The maximum atomic E-state index is 12.8. The number of nitrogens with one attached hydrogen (secondary N) is 1. The number of urea groups is 1. The Hall–Kier alpha value is -2.60. The molecule has 0 unspecified atom stereocenters. The minimum Gasteiger partial charge on any atom is -0.491 e. The first-order chi connectivity index (χ1) is 12.7. The molecule has 1 heterocycles. The summed E-state index contributed by atoms with van der Waals surface area (Å²) in [5, 5.41) is 2.90. The molecule has 1 N–H and O–H groups in total. The van der Waals surface area contributed by atoms with Gasteiger partial charge < -0.3 is 19.7 Å². The second-order valence-corrected chi connectivity index (χ2v) is 6.16. The Morgan fingerprint density at radius 2 is 1.73 bits per heavy atom. The van der Waals surface area contributed by atoms with Crippen molar-refractivity contribution in [2.24, 2.45) is 0 Å². The number of benzene rings is 2. The Labute approximate surface area is 152 Å². The van der Waals surface area contributed by atoms with E-state index < -0.39 is 0 Å². The molecule has 0 atom stereocenters.